The first-order valence-electron chi connectivity index (χ1n) is 6.82. The topological polar surface area (TPSA) is 35.2 Å². The number of halogens is 1. The second-order valence-corrected chi connectivity index (χ2v) is 5.60. The van der Waals surface area contributed by atoms with Crippen LogP contribution in [0.4, 0.5) is 0 Å². The zero-order valence-corrected chi connectivity index (χ0v) is 13.0. The molecule has 1 rings (SSSR count). The van der Waals surface area contributed by atoms with Gasteiger partial charge in [-0.3, -0.25) is 0 Å². The summed E-state index contributed by atoms with van der Waals surface area (Å²) in [6.07, 6.45) is 4.95. The molecule has 1 unspecified atom stereocenters. The summed E-state index contributed by atoms with van der Waals surface area (Å²) in [6.45, 7) is 5.77. The number of ether oxygens (including phenoxy) is 1. The van der Waals surface area contributed by atoms with E-state index in [0.29, 0.717) is 12.5 Å². The highest BCUT2D eigenvalue weighted by Crippen LogP contribution is 2.25. The van der Waals surface area contributed by atoms with Gasteiger partial charge in [0.25, 0.3) is 0 Å². The maximum Gasteiger partial charge on any atom is 0.124 e. The molecule has 0 aliphatic carbocycles. The van der Waals surface area contributed by atoms with Gasteiger partial charge in [-0.2, -0.15) is 0 Å². The predicted octanol–water partition coefficient (Wildman–Crippen LogP) is 4.50. The Morgan fingerprint density at radius 2 is 2.11 bits per heavy atom. The molecule has 0 saturated carbocycles. The summed E-state index contributed by atoms with van der Waals surface area (Å²) in [5.41, 5.74) is 6.80. The third-order valence-electron chi connectivity index (χ3n) is 3.27. The van der Waals surface area contributed by atoms with E-state index in [4.69, 9.17) is 10.5 Å². The Bertz CT molecular complexity index is 354. The molecule has 102 valence electrons. The Labute approximate surface area is 119 Å². The summed E-state index contributed by atoms with van der Waals surface area (Å²) >= 11 is 3.47. The molecule has 0 amide bonds. The van der Waals surface area contributed by atoms with Gasteiger partial charge in [0.1, 0.15) is 5.75 Å². The molecule has 0 bridgehead atoms. The summed E-state index contributed by atoms with van der Waals surface area (Å²) in [5, 5.41) is 0. The van der Waals surface area contributed by atoms with Gasteiger partial charge in [-0.15, -0.1) is 0 Å². The van der Waals surface area contributed by atoms with Gasteiger partial charge in [0.15, 0.2) is 0 Å². The van der Waals surface area contributed by atoms with E-state index in [2.05, 4.69) is 29.8 Å². The van der Waals surface area contributed by atoms with Crippen LogP contribution in [0.15, 0.2) is 22.7 Å². The lowest BCUT2D eigenvalue weighted by Gasteiger charge is -2.17. The normalized spacial score (nSPS) is 12.4. The van der Waals surface area contributed by atoms with E-state index in [0.717, 1.165) is 22.4 Å². The van der Waals surface area contributed by atoms with E-state index in [9.17, 15) is 0 Å². The molecule has 0 aliphatic heterocycles. The van der Waals surface area contributed by atoms with Gasteiger partial charge in [0, 0.05) is 16.6 Å². The average Bonchev–Trinajstić information content (AvgIpc) is 2.39. The maximum absolute atomic E-state index is 5.95. The fraction of sp³-hybridized carbons (Fsp3) is 0.600. The molecule has 0 fully saturated rings. The van der Waals surface area contributed by atoms with Crippen molar-refractivity contribution < 1.29 is 4.74 Å². The van der Waals surface area contributed by atoms with Crippen LogP contribution in [0.25, 0.3) is 0 Å². The lowest BCUT2D eigenvalue weighted by Crippen LogP contribution is -2.12. The number of rotatable bonds is 8. The molecule has 1 atom stereocenters. The smallest absolute Gasteiger partial charge is 0.124 e. The zero-order valence-electron chi connectivity index (χ0n) is 11.4. The first kappa shape index (κ1) is 15.5. The van der Waals surface area contributed by atoms with Crippen LogP contribution in [0.2, 0.25) is 0 Å². The van der Waals surface area contributed by atoms with E-state index in [-0.39, 0.29) is 0 Å². The zero-order chi connectivity index (χ0) is 13.4. The molecular weight excluding hydrogens is 290 g/mol. The molecule has 2 nitrogen and oxygen atoms in total. The van der Waals surface area contributed by atoms with Crippen LogP contribution in [0.5, 0.6) is 5.75 Å². The van der Waals surface area contributed by atoms with Gasteiger partial charge in [-0.25, -0.2) is 0 Å². The quantitative estimate of drug-likeness (QED) is 0.766. The molecule has 1 aromatic carbocycles. The van der Waals surface area contributed by atoms with Crippen molar-refractivity contribution in [2.24, 2.45) is 11.7 Å². The summed E-state index contributed by atoms with van der Waals surface area (Å²) < 4.78 is 6.99. The highest BCUT2D eigenvalue weighted by atomic mass is 79.9. The molecule has 0 saturated heterocycles. The number of benzene rings is 1. The van der Waals surface area contributed by atoms with Crippen LogP contribution in [0, 0.1) is 5.92 Å². The van der Waals surface area contributed by atoms with Gasteiger partial charge in [0.2, 0.25) is 0 Å². The average molecular weight is 314 g/mol. The fourth-order valence-corrected chi connectivity index (χ4v) is 2.28. The van der Waals surface area contributed by atoms with E-state index in [1.807, 2.05) is 18.2 Å². The minimum Gasteiger partial charge on any atom is -0.493 e. The van der Waals surface area contributed by atoms with E-state index < -0.39 is 0 Å². The Morgan fingerprint density at radius 3 is 2.72 bits per heavy atom. The van der Waals surface area contributed by atoms with Crippen molar-refractivity contribution in [1.82, 2.24) is 0 Å². The van der Waals surface area contributed by atoms with Crippen LogP contribution in [0.3, 0.4) is 0 Å². The first-order chi connectivity index (χ1) is 8.71. The molecule has 2 N–H and O–H groups in total. The van der Waals surface area contributed by atoms with Crippen LogP contribution in [0.1, 0.15) is 45.1 Å². The molecule has 3 heteroatoms. The Balaban J connectivity index is 2.57. The van der Waals surface area contributed by atoms with Crippen molar-refractivity contribution in [3.63, 3.8) is 0 Å². The van der Waals surface area contributed by atoms with Gasteiger partial charge in [0.05, 0.1) is 6.61 Å². The summed E-state index contributed by atoms with van der Waals surface area (Å²) in [6, 6.07) is 6.03. The van der Waals surface area contributed by atoms with Crippen molar-refractivity contribution in [1.29, 1.82) is 0 Å². The lowest BCUT2D eigenvalue weighted by molar-refractivity contribution is 0.231. The monoisotopic (exact) mass is 313 g/mol. The standard InChI is InChI=1S/C15H24BrNO/c1-3-5-6-12(4-2)11-18-15-9-14(16)8-7-13(15)10-17/h7-9,12H,3-6,10-11,17H2,1-2H3. The third kappa shape index (κ3) is 4.99. The molecule has 0 aromatic heterocycles. The Morgan fingerprint density at radius 1 is 1.33 bits per heavy atom. The molecule has 18 heavy (non-hydrogen) atoms. The number of hydrogen-bond acceptors (Lipinski definition) is 2. The first-order valence-corrected chi connectivity index (χ1v) is 7.61. The van der Waals surface area contributed by atoms with Crippen LogP contribution in [-0.4, -0.2) is 6.61 Å². The van der Waals surface area contributed by atoms with E-state index >= 15 is 0 Å². The number of unbranched alkanes of at least 4 members (excludes halogenated alkanes) is 1. The van der Waals surface area contributed by atoms with Gasteiger partial charge in [-0.1, -0.05) is 55.1 Å². The van der Waals surface area contributed by atoms with Gasteiger partial charge in [-0.05, 0) is 24.5 Å². The number of nitrogens with two attached hydrogens (primary N) is 1. The Kier molecular flexibility index (Phi) is 7.36. The van der Waals surface area contributed by atoms with E-state index in [1.165, 1.54) is 25.7 Å². The van der Waals surface area contributed by atoms with Crippen molar-refractivity contribution in [2.75, 3.05) is 6.61 Å². The molecule has 0 aliphatic rings. The van der Waals surface area contributed by atoms with Gasteiger partial charge >= 0.3 is 0 Å². The fourth-order valence-electron chi connectivity index (χ4n) is 1.94. The number of hydrogen-bond donors (Lipinski definition) is 1. The summed E-state index contributed by atoms with van der Waals surface area (Å²) in [5.74, 6) is 1.57. The Hall–Kier alpha value is -0.540. The minimum atomic E-state index is 0.522. The largest absolute Gasteiger partial charge is 0.493 e. The van der Waals surface area contributed by atoms with Crippen molar-refractivity contribution >= 4 is 15.9 Å². The lowest BCUT2D eigenvalue weighted by atomic mass is 10.0. The maximum atomic E-state index is 5.95. The van der Waals surface area contributed by atoms with Gasteiger partial charge < -0.3 is 10.5 Å². The van der Waals surface area contributed by atoms with Crippen LogP contribution in [-0.2, 0) is 6.54 Å². The summed E-state index contributed by atoms with van der Waals surface area (Å²) in [7, 11) is 0. The highest BCUT2D eigenvalue weighted by molar-refractivity contribution is 9.10. The third-order valence-corrected chi connectivity index (χ3v) is 3.76. The molecular formula is C15H24BrNO. The van der Waals surface area contributed by atoms with Crippen LogP contribution < -0.4 is 10.5 Å². The molecule has 0 heterocycles. The van der Waals surface area contributed by atoms with Crippen molar-refractivity contribution in [2.45, 2.75) is 46.1 Å². The molecule has 0 radical (unpaired) electrons. The molecule has 1 aromatic rings. The van der Waals surface area contributed by atoms with Crippen molar-refractivity contribution in [3.05, 3.63) is 28.2 Å². The predicted molar refractivity (Wildman–Crippen MR) is 80.8 cm³/mol. The second-order valence-electron chi connectivity index (χ2n) is 4.68. The van der Waals surface area contributed by atoms with Crippen LogP contribution >= 0.6 is 15.9 Å². The SMILES string of the molecule is CCCCC(CC)COc1cc(Br)ccc1CN. The second kappa shape index (κ2) is 8.54. The summed E-state index contributed by atoms with van der Waals surface area (Å²) in [4.78, 5) is 0. The van der Waals surface area contributed by atoms with E-state index in [1.54, 1.807) is 0 Å². The minimum absolute atomic E-state index is 0.522. The molecule has 0 spiro atoms. The van der Waals surface area contributed by atoms with Crippen molar-refractivity contribution in [3.8, 4) is 5.75 Å². The highest BCUT2D eigenvalue weighted by Gasteiger charge is 2.09.